The van der Waals surface area contributed by atoms with Crippen molar-refractivity contribution in [2.75, 3.05) is 5.32 Å². The summed E-state index contributed by atoms with van der Waals surface area (Å²) in [6.45, 7) is 0. The van der Waals surface area contributed by atoms with Crippen LogP contribution in [-0.4, -0.2) is 16.9 Å². The molecular formula is C27H22N3O+. The third-order valence-corrected chi connectivity index (χ3v) is 5.46. The molecule has 4 heteroatoms. The summed E-state index contributed by atoms with van der Waals surface area (Å²) in [5, 5.41) is 3.28. The SMILES string of the molecule is O=C1C(Cc2ccccc2)Nc2cnc(/C=C/c3ccc(-c4ccccc4)cc3)c[n+]21. The molecule has 0 radical (unpaired) electrons. The number of aromatic nitrogens is 2. The Labute approximate surface area is 181 Å². The van der Waals surface area contributed by atoms with Crippen molar-refractivity contribution in [3.05, 3.63) is 114 Å². The van der Waals surface area contributed by atoms with Gasteiger partial charge in [-0.15, -0.1) is 0 Å². The first kappa shape index (κ1) is 18.9. The molecule has 150 valence electrons. The second-order valence-electron chi connectivity index (χ2n) is 7.61. The third-order valence-electron chi connectivity index (χ3n) is 5.46. The molecule has 0 spiro atoms. The van der Waals surface area contributed by atoms with E-state index in [4.69, 9.17) is 0 Å². The van der Waals surface area contributed by atoms with E-state index in [9.17, 15) is 4.79 Å². The Morgan fingerprint density at radius 1 is 0.839 bits per heavy atom. The molecule has 1 aromatic heterocycles. The van der Waals surface area contributed by atoms with Gasteiger partial charge in [0.2, 0.25) is 0 Å². The molecule has 31 heavy (non-hydrogen) atoms. The number of anilines is 1. The van der Waals surface area contributed by atoms with Gasteiger partial charge < -0.3 is 0 Å². The van der Waals surface area contributed by atoms with E-state index in [1.165, 1.54) is 11.1 Å². The van der Waals surface area contributed by atoms with Gasteiger partial charge in [0.1, 0.15) is 18.1 Å². The molecule has 0 fully saturated rings. The number of carbonyl (C=O) groups is 1. The number of fused-ring (bicyclic) bond motifs is 1. The lowest BCUT2D eigenvalue weighted by atomic mass is 10.0. The van der Waals surface area contributed by atoms with E-state index in [2.05, 4.69) is 46.7 Å². The van der Waals surface area contributed by atoms with Crippen LogP contribution in [0.25, 0.3) is 23.3 Å². The lowest BCUT2D eigenvalue weighted by Crippen LogP contribution is -2.43. The standard InChI is InChI=1S/C27H21N3O/c31-27-25(17-21-7-3-1-4-8-21)29-26-18-28-24(19-30(26)27)16-13-20-11-14-23(15-12-20)22-9-5-2-6-10-22/h1-16,18-19,25H,17H2/p+1/b16-13+. The fourth-order valence-electron chi connectivity index (χ4n) is 3.80. The lowest BCUT2D eigenvalue weighted by Gasteiger charge is -2.02. The van der Waals surface area contributed by atoms with Gasteiger partial charge in [-0.3, -0.25) is 5.32 Å². The first-order valence-corrected chi connectivity index (χ1v) is 10.4. The van der Waals surface area contributed by atoms with Gasteiger partial charge in [-0.25, -0.2) is 9.78 Å². The van der Waals surface area contributed by atoms with Crippen molar-refractivity contribution in [3.8, 4) is 11.1 Å². The minimum atomic E-state index is -0.269. The Kier molecular flexibility index (Phi) is 5.11. The topological polar surface area (TPSA) is 45.9 Å². The molecule has 1 N–H and O–H groups in total. The Morgan fingerprint density at radius 2 is 1.52 bits per heavy atom. The Morgan fingerprint density at radius 3 is 2.26 bits per heavy atom. The smallest absolute Gasteiger partial charge is 0.258 e. The van der Waals surface area contributed by atoms with Crippen LogP contribution in [0.4, 0.5) is 5.82 Å². The van der Waals surface area contributed by atoms with Gasteiger partial charge in [0.25, 0.3) is 0 Å². The van der Waals surface area contributed by atoms with Gasteiger partial charge in [0, 0.05) is 6.42 Å². The third kappa shape index (κ3) is 4.14. The van der Waals surface area contributed by atoms with Crippen molar-refractivity contribution in [1.82, 2.24) is 4.98 Å². The number of nitrogens with zero attached hydrogens (tertiary/aromatic N) is 2. The van der Waals surface area contributed by atoms with E-state index < -0.39 is 0 Å². The summed E-state index contributed by atoms with van der Waals surface area (Å²) >= 11 is 0. The summed E-state index contributed by atoms with van der Waals surface area (Å²) in [6.07, 6.45) is 8.12. The molecule has 0 aliphatic carbocycles. The fourth-order valence-corrected chi connectivity index (χ4v) is 3.80. The van der Waals surface area contributed by atoms with Crippen molar-refractivity contribution >= 4 is 23.9 Å². The van der Waals surface area contributed by atoms with Crippen LogP contribution in [0.1, 0.15) is 21.6 Å². The van der Waals surface area contributed by atoms with Crippen LogP contribution < -0.4 is 9.88 Å². The predicted octanol–water partition coefficient (Wildman–Crippen LogP) is 4.88. The van der Waals surface area contributed by atoms with E-state index in [0.29, 0.717) is 6.42 Å². The highest BCUT2D eigenvalue weighted by Gasteiger charge is 2.38. The minimum Gasteiger partial charge on any atom is -0.258 e. The normalized spacial score (nSPS) is 15.1. The maximum Gasteiger partial charge on any atom is 0.359 e. The monoisotopic (exact) mass is 404 g/mol. The molecule has 1 unspecified atom stereocenters. The van der Waals surface area contributed by atoms with E-state index in [1.54, 1.807) is 17.0 Å². The largest absolute Gasteiger partial charge is 0.359 e. The summed E-state index contributed by atoms with van der Waals surface area (Å²) in [4.78, 5) is 17.3. The summed E-state index contributed by atoms with van der Waals surface area (Å²) in [5.74, 6) is 0.776. The zero-order valence-electron chi connectivity index (χ0n) is 17.0. The summed E-state index contributed by atoms with van der Waals surface area (Å²) in [5.41, 5.74) is 5.34. The molecule has 0 amide bonds. The summed E-state index contributed by atoms with van der Waals surface area (Å²) in [7, 11) is 0. The van der Waals surface area contributed by atoms with Gasteiger partial charge in [0.05, 0.1) is 0 Å². The van der Waals surface area contributed by atoms with E-state index in [0.717, 1.165) is 22.6 Å². The summed E-state index contributed by atoms with van der Waals surface area (Å²) < 4.78 is 1.67. The molecule has 3 aromatic carbocycles. The van der Waals surface area contributed by atoms with Crippen LogP contribution in [0.5, 0.6) is 0 Å². The molecule has 0 bridgehead atoms. The zero-order valence-corrected chi connectivity index (χ0v) is 17.0. The molecule has 5 rings (SSSR count). The molecule has 0 saturated heterocycles. The quantitative estimate of drug-likeness (QED) is 0.482. The van der Waals surface area contributed by atoms with Crippen molar-refractivity contribution in [2.24, 2.45) is 0 Å². The van der Waals surface area contributed by atoms with Crippen molar-refractivity contribution in [2.45, 2.75) is 12.5 Å². The Balaban J connectivity index is 1.30. The number of hydrogen-bond donors (Lipinski definition) is 1. The average molecular weight is 404 g/mol. The minimum absolute atomic E-state index is 0.0446. The Hall–Kier alpha value is -4.05. The number of benzene rings is 3. The van der Waals surface area contributed by atoms with Crippen molar-refractivity contribution in [3.63, 3.8) is 0 Å². The van der Waals surface area contributed by atoms with Gasteiger partial charge in [0.15, 0.2) is 6.04 Å². The highest BCUT2D eigenvalue weighted by molar-refractivity contribution is 5.82. The maximum absolute atomic E-state index is 12.8. The molecule has 0 saturated carbocycles. The lowest BCUT2D eigenvalue weighted by molar-refractivity contribution is -0.553. The van der Waals surface area contributed by atoms with Crippen LogP contribution in [0.3, 0.4) is 0 Å². The number of nitrogens with one attached hydrogen (secondary N) is 1. The number of carbonyl (C=O) groups excluding carboxylic acids is 1. The molecule has 2 heterocycles. The van der Waals surface area contributed by atoms with Crippen LogP contribution in [0.2, 0.25) is 0 Å². The first-order valence-electron chi connectivity index (χ1n) is 10.4. The van der Waals surface area contributed by atoms with Gasteiger partial charge >= 0.3 is 11.7 Å². The van der Waals surface area contributed by atoms with E-state index in [-0.39, 0.29) is 11.9 Å². The zero-order chi connectivity index (χ0) is 21.0. The number of hydrogen-bond acceptors (Lipinski definition) is 3. The van der Waals surface area contributed by atoms with Crippen LogP contribution >= 0.6 is 0 Å². The van der Waals surface area contributed by atoms with Gasteiger partial charge in [-0.1, -0.05) is 91.0 Å². The second kappa shape index (κ2) is 8.36. The molecular weight excluding hydrogens is 382 g/mol. The highest BCUT2D eigenvalue weighted by Crippen LogP contribution is 2.20. The Bertz CT molecular complexity index is 1230. The van der Waals surface area contributed by atoms with Crippen LogP contribution in [0.15, 0.2) is 97.3 Å². The first-order chi connectivity index (χ1) is 15.3. The highest BCUT2D eigenvalue weighted by atomic mass is 16.2. The van der Waals surface area contributed by atoms with Crippen molar-refractivity contribution < 1.29 is 9.36 Å². The van der Waals surface area contributed by atoms with Crippen LogP contribution in [-0.2, 0) is 6.42 Å². The summed E-state index contributed by atoms with van der Waals surface area (Å²) in [6, 6.07) is 28.5. The molecule has 4 aromatic rings. The van der Waals surface area contributed by atoms with E-state index >= 15 is 0 Å². The molecule has 1 aliphatic rings. The molecule has 1 aliphatic heterocycles. The van der Waals surface area contributed by atoms with Gasteiger partial charge in [-0.2, -0.15) is 4.57 Å². The average Bonchev–Trinajstić information content (AvgIpc) is 3.14. The van der Waals surface area contributed by atoms with Crippen molar-refractivity contribution in [1.29, 1.82) is 0 Å². The number of rotatable bonds is 5. The van der Waals surface area contributed by atoms with Crippen LogP contribution in [0, 0.1) is 0 Å². The fraction of sp³-hybridized carbons (Fsp3) is 0.0741. The van der Waals surface area contributed by atoms with E-state index in [1.807, 2.05) is 60.7 Å². The predicted molar refractivity (Wildman–Crippen MR) is 123 cm³/mol. The van der Waals surface area contributed by atoms with Gasteiger partial charge in [-0.05, 0) is 28.3 Å². The molecule has 1 atom stereocenters. The molecule has 4 nitrogen and oxygen atoms in total. The second-order valence-corrected chi connectivity index (χ2v) is 7.61. The maximum atomic E-state index is 12.8.